The van der Waals surface area contributed by atoms with Crippen molar-refractivity contribution in [3.63, 3.8) is 0 Å². The highest BCUT2D eigenvalue weighted by molar-refractivity contribution is 5.86. The van der Waals surface area contributed by atoms with E-state index in [0.29, 0.717) is 24.3 Å². The fourth-order valence-corrected chi connectivity index (χ4v) is 2.16. The van der Waals surface area contributed by atoms with Crippen molar-refractivity contribution in [3.8, 4) is 5.88 Å². The topological polar surface area (TPSA) is 87.6 Å². The van der Waals surface area contributed by atoms with Crippen LogP contribution in [-0.2, 0) is 11.3 Å². The van der Waals surface area contributed by atoms with Gasteiger partial charge in [0.1, 0.15) is 0 Å². The van der Waals surface area contributed by atoms with Crippen molar-refractivity contribution >= 4 is 11.9 Å². The van der Waals surface area contributed by atoms with E-state index in [2.05, 4.69) is 25.9 Å². The summed E-state index contributed by atoms with van der Waals surface area (Å²) in [5.41, 5.74) is 0.798. The van der Waals surface area contributed by atoms with Gasteiger partial charge in [-0.3, -0.25) is 9.79 Å². The minimum atomic E-state index is -0.246. The number of pyridine rings is 1. The van der Waals surface area contributed by atoms with Gasteiger partial charge in [0.05, 0.1) is 13.2 Å². The van der Waals surface area contributed by atoms with E-state index < -0.39 is 0 Å². The van der Waals surface area contributed by atoms with Crippen molar-refractivity contribution in [1.82, 2.24) is 20.9 Å². The summed E-state index contributed by atoms with van der Waals surface area (Å²) < 4.78 is 5.69. The van der Waals surface area contributed by atoms with Gasteiger partial charge in [-0.25, -0.2) is 4.98 Å². The normalized spacial score (nSPS) is 14.8. The van der Waals surface area contributed by atoms with Gasteiger partial charge >= 0.3 is 0 Å². The number of nitrogens with zero attached hydrogens (tertiary/aromatic N) is 2. The molecule has 1 aromatic heterocycles. The Morgan fingerprint density at radius 2 is 2.12 bits per heavy atom. The molecule has 2 rings (SSSR count). The van der Waals surface area contributed by atoms with Gasteiger partial charge in [-0.15, -0.1) is 0 Å². The molecule has 0 atom stereocenters. The number of ether oxygens (including phenoxy) is 1. The molecule has 0 unspecified atom stereocenters. The first kappa shape index (κ1) is 19.0. The molecule has 7 nitrogen and oxygen atoms in total. The molecule has 0 saturated heterocycles. The van der Waals surface area contributed by atoms with Crippen LogP contribution in [0, 0.1) is 5.92 Å². The maximum Gasteiger partial charge on any atom is 0.239 e. The van der Waals surface area contributed by atoms with E-state index in [0.717, 1.165) is 12.2 Å². The van der Waals surface area contributed by atoms with E-state index in [4.69, 9.17) is 4.74 Å². The minimum Gasteiger partial charge on any atom is -0.477 e. The van der Waals surface area contributed by atoms with E-state index in [1.165, 1.54) is 12.8 Å². The number of amides is 1. The Kier molecular flexibility index (Phi) is 6.61. The average molecular weight is 347 g/mol. The molecule has 0 bridgehead atoms. The van der Waals surface area contributed by atoms with E-state index in [1.54, 1.807) is 13.2 Å². The SMILES string of the molecule is CN=C(NCC(=O)NC(C)(C)C)NCc1ccnc(OCC2CC2)c1. The standard InChI is InChI=1S/C18H29N5O2/c1-18(2,3)23-15(24)11-22-17(19-4)21-10-14-7-8-20-16(9-14)25-12-13-5-6-13/h7-9,13H,5-6,10-12H2,1-4H3,(H,23,24)(H2,19,21,22). The minimum absolute atomic E-state index is 0.0740. The molecule has 1 aliphatic carbocycles. The predicted molar refractivity (Wildman–Crippen MR) is 98.6 cm³/mol. The fraction of sp³-hybridized carbons (Fsp3) is 0.611. The molecule has 25 heavy (non-hydrogen) atoms. The Morgan fingerprint density at radius 3 is 2.76 bits per heavy atom. The van der Waals surface area contributed by atoms with Crippen molar-refractivity contribution < 1.29 is 9.53 Å². The number of aromatic nitrogens is 1. The predicted octanol–water partition coefficient (Wildman–Crippen LogP) is 1.45. The quantitative estimate of drug-likeness (QED) is 0.513. The largest absolute Gasteiger partial charge is 0.477 e. The number of aliphatic imine (C=N–C) groups is 1. The molecular weight excluding hydrogens is 318 g/mol. The zero-order chi connectivity index (χ0) is 18.3. The van der Waals surface area contributed by atoms with Gasteiger partial charge in [0.2, 0.25) is 11.8 Å². The zero-order valence-electron chi connectivity index (χ0n) is 15.6. The Balaban J connectivity index is 1.76. The van der Waals surface area contributed by atoms with Crippen molar-refractivity contribution in [2.75, 3.05) is 20.2 Å². The number of hydrogen-bond donors (Lipinski definition) is 3. The number of rotatable bonds is 7. The molecule has 138 valence electrons. The molecule has 0 spiro atoms. The van der Waals surface area contributed by atoms with Gasteiger partial charge in [-0.2, -0.15) is 0 Å². The lowest BCUT2D eigenvalue weighted by molar-refractivity contribution is -0.121. The molecule has 3 N–H and O–H groups in total. The summed E-state index contributed by atoms with van der Waals surface area (Å²) in [6.07, 6.45) is 4.25. The zero-order valence-corrected chi connectivity index (χ0v) is 15.6. The van der Waals surface area contributed by atoms with Crippen LogP contribution < -0.4 is 20.7 Å². The summed E-state index contributed by atoms with van der Waals surface area (Å²) in [4.78, 5) is 20.2. The van der Waals surface area contributed by atoms with Crippen LogP contribution in [0.25, 0.3) is 0 Å². The van der Waals surface area contributed by atoms with Crippen LogP contribution in [0.1, 0.15) is 39.2 Å². The smallest absolute Gasteiger partial charge is 0.239 e. The van der Waals surface area contributed by atoms with Gasteiger partial charge in [0.25, 0.3) is 0 Å². The summed E-state index contributed by atoms with van der Waals surface area (Å²) in [6, 6.07) is 3.85. The van der Waals surface area contributed by atoms with Crippen LogP contribution in [-0.4, -0.2) is 42.6 Å². The molecule has 0 aliphatic heterocycles. The van der Waals surface area contributed by atoms with Gasteiger partial charge < -0.3 is 20.7 Å². The molecule has 7 heteroatoms. The molecule has 0 aromatic carbocycles. The van der Waals surface area contributed by atoms with Gasteiger partial charge in [-0.1, -0.05) is 0 Å². The van der Waals surface area contributed by atoms with E-state index in [9.17, 15) is 4.79 Å². The lowest BCUT2D eigenvalue weighted by Crippen LogP contribution is -2.48. The molecule has 1 aliphatic rings. The molecule has 1 heterocycles. The third-order valence-electron chi connectivity index (χ3n) is 3.58. The van der Waals surface area contributed by atoms with Crippen LogP contribution in [0.3, 0.4) is 0 Å². The third kappa shape index (κ3) is 7.87. The number of carbonyl (C=O) groups is 1. The maximum atomic E-state index is 11.8. The number of hydrogen-bond acceptors (Lipinski definition) is 4. The second kappa shape index (κ2) is 8.69. The second-order valence-electron chi connectivity index (χ2n) is 7.33. The lowest BCUT2D eigenvalue weighted by Gasteiger charge is -2.21. The summed E-state index contributed by atoms with van der Waals surface area (Å²) in [5.74, 6) is 1.85. The van der Waals surface area contributed by atoms with Crippen molar-refractivity contribution in [3.05, 3.63) is 23.9 Å². The summed E-state index contributed by atoms with van der Waals surface area (Å²) in [6.45, 7) is 7.33. The van der Waals surface area contributed by atoms with Gasteiger partial charge in [-0.05, 0) is 51.2 Å². The highest BCUT2D eigenvalue weighted by Gasteiger charge is 2.22. The Hall–Kier alpha value is -2.31. The van der Waals surface area contributed by atoms with Crippen LogP contribution in [0.5, 0.6) is 5.88 Å². The Labute approximate surface area is 149 Å². The molecule has 1 fully saturated rings. The van der Waals surface area contributed by atoms with Crippen LogP contribution in [0.2, 0.25) is 0 Å². The van der Waals surface area contributed by atoms with E-state index >= 15 is 0 Å². The first-order valence-electron chi connectivity index (χ1n) is 8.69. The average Bonchev–Trinajstić information content (AvgIpc) is 3.36. The van der Waals surface area contributed by atoms with Gasteiger partial charge in [0, 0.05) is 31.4 Å². The van der Waals surface area contributed by atoms with E-state index in [1.807, 2.05) is 32.9 Å². The first-order chi connectivity index (χ1) is 11.9. The number of guanidine groups is 1. The van der Waals surface area contributed by atoms with Crippen LogP contribution in [0.15, 0.2) is 23.3 Å². The van der Waals surface area contributed by atoms with Crippen molar-refractivity contribution in [2.24, 2.45) is 10.9 Å². The Bertz CT molecular complexity index is 606. The molecule has 1 aromatic rings. The van der Waals surface area contributed by atoms with Crippen LogP contribution >= 0.6 is 0 Å². The van der Waals surface area contributed by atoms with Gasteiger partial charge in [0.15, 0.2) is 5.96 Å². The monoisotopic (exact) mass is 347 g/mol. The fourth-order valence-electron chi connectivity index (χ4n) is 2.16. The molecule has 0 radical (unpaired) electrons. The second-order valence-corrected chi connectivity index (χ2v) is 7.33. The third-order valence-corrected chi connectivity index (χ3v) is 3.58. The number of carbonyl (C=O) groups excluding carboxylic acids is 1. The van der Waals surface area contributed by atoms with Crippen LogP contribution in [0.4, 0.5) is 0 Å². The number of nitrogens with one attached hydrogen (secondary N) is 3. The summed E-state index contributed by atoms with van der Waals surface area (Å²) in [5, 5.41) is 9.09. The molecular formula is C18H29N5O2. The highest BCUT2D eigenvalue weighted by atomic mass is 16.5. The summed E-state index contributed by atoms with van der Waals surface area (Å²) in [7, 11) is 1.67. The maximum absolute atomic E-state index is 11.8. The van der Waals surface area contributed by atoms with Crippen molar-refractivity contribution in [2.45, 2.75) is 45.7 Å². The lowest BCUT2D eigenvalue weighted by atomic mass is 10.1. The highest BCUT2D eigenvalue weighted by Crippen LogP contribution is 2.29. The Morgan fingerprint density at radius 1 is 1.36 bits per heavy atom. The summed E-state index contributed by atoms with van der Waals surface area (Å²) >= 11 is 0. The van der Waals surface area contributed by atoms with E-state index in [-0.39, 0.29) is 18.0 Å². The molecule has 1 saturated carbocycles. The molecule has 1 amide bonds. The first-order valence-corrected chi connectivity index (χ1v) is 8.69. The van der Waals surface area contributed by atoms with Crippen molar-refractivity contribution in [1.29, 1.82) is 0 Å².